The molecule has 0 amide bonds. The van der Waals surface area contributed by atoms with Crippen molar-refractivity contribution in [3.8, 4) is 0 Å². The number of fused-ring (bicyclic) bond motifs is 5. The van der Waals surface area contributed by atoms with Gasteiger partial charge >= 0.3 is 5.97 Å². The number of esters is 1. The highest BCUT2D eigenvalue weighted by Crippen LogP contribution is 2.76. The first-order valence-corrected chi connectivity index (χ1v) is 10.1. The highest BCUT2D eigenvalue weighted by atomic mass is 16.6. The van der Waals surface area contributed by atoms with Crippen molar-refractivity contribution in [1.29, 1.82) is 0 Å². The van der Waals surface area contributed by atoms with Crippen molar-refractivity contribution in [2.24, 2.45) is 35.0 Å². The van der Waals surface area contributed by atoms with Crippen molar-refractivity contribution < 1.29 is 29.6 Å². The molecule has 0 saturated heterocycles. The largest absolute Gasteiger partial charge is 0.456 e. The first kappa shape index (κ1) is 19.8. The van der Waals surface area contributed by atoms with Gasteiger partial charge in [0.2, 0.25) is 0 Å². The minimum atomic E-state index is -1.36. The molecule has 154 valence electrons. The van der Waals surface area contributed by atoms with Crippen LogP contribution in [0.4, 0.5) is 0 Å². The van der Waals surface area contributed by atoms with Gasteiger partial charge in [0.05, 0.1) is 18.3 Å². The minimum absolute atomic E-state index is 0.00741. The van der Waals surface area contributed by atoms with Gasteiger partial charge in [-0.2, -0.15) is 0 Å². The lowest BCUT2D eigenvalue weighted by molar-refractivity contribution is -0.207. The average molecular weight is 390 g/mol. The van der Waals surface area contributed by atoms with E-state index in [0.717, 1.165) is 5.57 Å². The number of Topliss-reactive ketones (excluding diaryl/α,β-unsaturated/α-hetero) is 1. The van der Waals surface area contributed by atoms with Crippen molar-refractivity contribution in [2.75, 3.05) is 6.61 Å². The molecule has 6 heteroatoms. The van der Waals surface area contributed by atoms with Crippen LogP contribution < -0.4 is 0 Å². The van der Waals surface area contributed by atoms with E-state index in [1.54, 1.807) is 13.8 Å². The summed E-state index contributed by atoms with van der Waals surface area (Å²) in [5.41, 5.74) is -1.64. The maximum Gasteiger partial charge on any atom is 0.303 e. The van der Waals surface area contributed by atoms with Crippen LogP contribution in [-0.2, 0) is 14.3 Å². The molecule has 2 saturated carbocycles. The standard InChI is InChI=1S/C22H30O6/c1-10-6-15-14(17(10)25)7-13(9-23)8-16-18-20(4,5)22(18,28-12(3)24)19(26)11(2)21(15,16)27/h6,8,11,14-16,18-19,23,26-27H,7,9H2,1-5H3/t11-,14+,15+,16+,18+,19-,21+,22+/m0/s1. The summed E-state index contributed by atoms with van der Waals surface area (Å²) >= 11 is 0. The van der Waals surface area contributed by atoms with Gasteiger partial charge in [0, 0.05) is 41.9 Å². The molecule has 0 bridgehead atoms. The highest BCUT2D eigenvalue weighted by molar-refractivity contribution is 5.99. The van der Waals surface area contributed by atoms with E-state index in [9.17, 15) is 24.9 Å². The molecule has 8 atom stereocenters. The number of allylic oxidation sites excluding steroid dienone is 1. The summed E-state index contributed by atoms with van der Waals surface area (Å²) < 4.78 is 5.73. The zero-order valence-corrected chi connectivity index (χ0v) is 17.1. The first-order valence-electron chi connectivity index (χ1n) is 10.1. The van der Waals surface area contributed by atoms with Gasteiger partial charge in [-0.3, -0.25) is 9.59 Å². The molecule has 2 fully saturated rings. The second-order valence-electron chi connectivity index (χ2n) is 9.77. The van der Waals surface area contributed by atoms with Gasteiger partial charge in [0.1, 0.15) is 5.60 Å². The third-order valence-corrected chi connectivity index (χ3v) is 8.23. The smallest absolute Gasteiger partial charge is 0.303 e. The van der Waals surface area contributed by atoms with E-state index in [4.69, 9.17) is 4.74 Å². The van der Waals surface area contributed by atoms with E-state index < -0.39 is 52.4 Å². The zero-order valence-electron chi connectivity index (χ0n) is 17.1. The van der Waals surface area contributed by atoms with Crippen molar-refractivity contribution in [3.63, 3.8) is 0 Å². The predicted molar refractivity (Wildman–Crippen MR) is 101 cm³/mol. The summed E-state index contributed by atoms with van der Waals surface area (Å²) in [6.07, 6.45) is 3.07. The van der Waals surface area contributed by atoms with Crippen molar-refractivity contribution >= 4 is 11.8 Å². The molecule has 0 heterocycles. The Morgan fingerprint density at radius 3 is 2.50 bits per heavy atom. The number of ketones is 1. The summed E-state index contributed by atoms with van der Waals surface area (Å²) in [4.78, 5) is 24.6. The summed E-state index contributed by atoms with van der Waals surface area (Å²) in [6, 6.07) is 0. The fourth-order valence-electron chi connectivity index (χ4n) is 6.84. The number of aliphatic hydroxyl groups is 3. The third-order valence-electron chi connectivity index (χ3n) is 8.23. The van der Waals surface area contributed by atoms with E-state index in [2.05, 4.69) is 0 Å². The maximum atomic E-state index is 12.8. The van der Waals surface area contributed by atoms with Crippen molar-refractivity contribution in [1.82, 2.24) is 0 Å². The Labute approximate surface area is 165 Å². The van der Waals surface area contributed by atoms with Gasteiger partial charge < -0.3 is 20.1 Å². The number of aliphatic hydroxyl groups excluding tert-OH is 2. The maximum absolute atomic E-state index is 12.8. The van der Waals surface area contributed by atoms with Gasteiger partial charge in [-0.25, -0.2) is 0 Å². The van der Waals surface area contributed by atoms with E-state index in [-0.39, 0.29) is 18.3 Å². The van der Waals surface area contributed by atoms with Crippen molar-refractivity contribution in [2.45, 2.75) is 58.3 Å². The second-order valence-corrected chi connectivity index (χ2v) is 9.77. The lowest BCUT2D eigenvalue weighted by Crippen LogP contribution is -2.62. The number of hydrogen-bond donors (Lipinski definition) is 3. The lowest BCUT2D eigenvalue weighted by atomic mass is 9.60. The van der Waals surface area contributed by atoms with Crippen LogP contribution >= 0.6 is 0 Å². The van der Waals surface area contributed by atoms with Crippen molar-refractivity contribution in [3.05, 3.63) is 23.3 Å². The Morgan fingerprint density at radius 2 is 1.93 bits per heavy atom. The third kappa shape index (κ3) is 2.09. The number of hydrogen-bond acceptors (Lipinski definition) is 6. The second kappa shape index (κ2) is 5.77. The Hall–Kier alpha value is -1.50. The molecule has 4 aliphatic rings. The summed E-state index contributed by atoms with van der Waals surface area (Å²) in [5.74, 6) is -2.71. The van der Waals surface area contributed by atoms with E-state index in [0.29, 0.717) is 12.0 Å². The van der Waals surface area contributed by atoms with Crippen LogP contribution in [0.15, 0.2) is 23.3 Å². The number of carbonyl (C=O) groups is 2. The number of ether oxygens (including phenoxy) is 1. The fraction of sp³-hybridized carbons (Fsp3) is 0.727. The molecule has 6 nitrogen and oxygen atoms in total. The van der Waals surface area contributed by atoms with E-state index in [1.165, 1.54) is 6.92 Å². The van der Waals surface area contributed by atoms with Crippen LogP contribution in [0.2, 0.25) is 0 Å². The van der Waals surface area contributed by atoms with Gasteiger partial charge in [-0.15, -0.1) is 0 Å². The SMILES string of the molecule is CC(=O)O[C@]12[C@H]([C@H]3C=C(CO)C[C@H]4C(=O)C(C)=C[C@H]4[C@]3(O)[C@@H](C)[C@@H]1O)C2(C)C. The van der Waals surface area contributed by atoms with Gasteiger partial charge in [0.25, 0.3) is 0 Å². The number of rotatable bonds is 2. The lowest BCUT2D eigenvalue weighted by Gasteiger charge is -2.51. The summed E-state index contributed by atoms with van der Waals surface area (Å²) in [5, 5.41) is 33.3. The van der Waals surface area contributed by atoms with Crippen LogP contribution in [-0.4, -0.2) is 51.0 Å². The monoisotopic (exact) mass is 390 g/mol. The quantitative estimate of drug-likeness (QED) is 0.486. The molecular weight excluding hydrogens is 360 g/mol. The van der Waals surface area contributed by atoms with E-state index in [1.807, 2.05) is 26.0 Å². The fourth-order valence-corrected chi connectivity index (χ4v) is 6.84. The minimum Gasteiger partial charge on any atom is -0.456 e. The Morgan fingerprint density at radius 1 is 1.29 bits per heavy atom. The van der Waals surface area contributed by atoms with Gasteiger partial charge in [-0.05, 0) is 24.5 Å². The summed E-state index contributed by atoms with van der Waals surface area (Å²) in [7, 11) is 0. The molecule has 4 aliphatic carbocycles. The molecule has 0 spiro atoms. The molecule has 0 aliphatic heterocycles. The molecule has 28 heavy (non-hydrogen) atoms. The normalized spacial score (nSPS) is 48.5. The predicted octanol–water partition coefficient (Wildman–Crippen LogP) is 1.39. The topological polar surface area (TPSA) is 104 Å². The molecule has 0 aromatic heterocycles. The average Bonchev–Trinajstić information content (AvgIpc) is 3.01. The molecule has 0 aromatic carbocycles. The molecule has 4 rings (SSSR count). The molecule has 0 radical (unpaired) electrons. The number of carbonyl (C=O) groups excluding carboxylic acids is 2. The molecule has 0 aromatic rings. The first-order chi connectivity index (χ1) is 12.9. The van der Waals surface area contributed by atoms with Crippen LogP contribution in [0, 0.1) is 35.0 Å². The highest BCUT2D eigenvalue weighted by Gasteiger charge is 2.86. The Bertz CT molecular complexity index is 810. The molecule has 0 unspecified atom stereocenters. The van der Waals surface area contributed by atoms with Crippen LogP contribution in [0.3, 0.4) is 0 Å². The van der Waals surface area contributed by atoms with Crippen LogP contribution in [0.5, 0.6) is 0 Å². The summed E-state index contributed by atoms with van der Waals surface area (Å²) in [6.45, 7) is 8.56. The Balaban J connectivity index is 1.90. The van der Waals surface area contributed by atoms with Gasteiger partial charge in [-0.1, -0.05) is 32.9 Å². The van der Waals surface area contributed by atoms with Gasteiger partial charge in [0.15, 0.2) is 5.78 Å². The zero-order chi connectivity index (χ0) is 20.8. The Kier molecular flexibility index (Phi) is 4.08. The molecular formula is C22H30O6. The van der Waals surface area contributed by atoms with Crippen LogP contribution in [0.1, 0.15) is 41.0 Å². The van der Waals surface area contributed by atoms with E-state index >= 15 is 0 Å². The van der Waals surface area contributed by atoms with Crippen LogP contribution in [0.25, 0.3) is 0 Å². The molecule has 3 N–H and O–H groups in total.